The fraction of sp³-hybridized carbons (Fsp3) is 0.591. The Hall–Kier alpha value is -1.77. The molecule has 0 bridgehead atoms. The number of imidazole rings is 1. The number of piperazine rings is 1. The van der Waals surface area contributed by atoms with Crippen molar-refractivity contribution in [2.45, 2.75) is 51.4 Å². The van der Waals surface area contributed by atoms with Crippen LogP contribution in [0.4, 0.5) is 0 Å². The highest BCUT2D eigenvalue weighted by Crippen LogP contribution is 2.27. The summed E-state index contributed by atoms with van der Waals surface area (Å²) in [5, 5.41) is 4.50. The van der Waals surface area contributed by atoms with Crippen molar-refractivity contribution in [2.24, 2.45) is 0 Å². The minimum absolute atomic E-state index is 0.0257. The molecular formula is C22H32ClN5O2S. The van der Waals surface area contributed by atoms with Crippen LogP contribution < -0.4 is 5.32 Å². The van der Waals surface area contributed by atoms with Crippen LogP contribution in [0.2, 0.25) is 5.02 Å². The van der Waals surface area contributed by atoms with E-state index in [0.29, 0.717) is 43.5 Å². The van der Waals surface area contributed by atoms with E-state index in [4.69, 9.17) is 16.6 Å². The van der Waals surface area contributed by atoms with Crippen LogP contribution in [-0.2, 0) is 16.1 Å². The molecule has 0 radical (unpaired) electrons. The zero-order chi connectivity index (χ0) is 22.6. The minimum Gasteiger partial charge on any atom is -0.350 e. The van der Waals surface area contributed by atoms with E-state index < -0.39 is 0 Å². The van der Waals surface area contributed by atoms with E-state index in [2.05, 4.69) is 21.7 Å². The van der Waals surface area contributed by atoms with Gasteiger partial charge in [0.1, 0.15) is 0 Å². The highest BCUT2D eigenvalue weighted by Gasteiger charge is 2.24. The molecule has 0 saturated carbocycles. The molecule has 0 unspecified atom stereocenters. The van der Waals surface area contributed by atoms with E-state index in [-0.39, 0.29) is 17.4 Å². The summed E-state index contributed by atoms with van der Waals surface area (Å²) in [6, 6.07) is 5.73. The largest absolute Gasteiger partial charge is 0.350 e. The number of aromatic nitrogens is 2. The third-order valence-electron chi connectivity index (χ3n) is 5.05. The van der Waals surface area contributed by atoms with E-state index >= 15 is 0 Å². The van der Waals surface area contributed by atoms with Crippen LogP contribution in [-0.4, -0.2) is 75.2 Å². The maximum atomic E-state index is 12.8. The number of rotatable bonds is 7. The van der Waals surface area contributed by atoms with Gasteiger partial charge in [0.15, 0.2) is 5.16 Å². The lowest BCUT2D eigenvalue weighted by Gasteiger charge is -2.34. The Labute approximate surface area is 193 Å². The number of thioether (sulfide) groups is 1. The smallest absolute Gasteiger partial charge is 0.234 e. The zero-order valence-electron chi connectivity index (χ0n) is 18.8. The molecule has 0 aliphatic carbocycles. The standard InChI is InChI=1S/C22H32ClN5O2S/c1-5-8-28-18-7-6-16(23)13-17(18)24-21(28)31-15-20(30)27-11-9-26(10-12-27)14-19(29)25-22(2,3)4/h6-7,13H,5,8-12,14-15H2,1-4H3,(H,25,29). The first-order chi connectivity index (χ1) is 14.7. The van der Waals surface area contributed by atoms with E-state index in [1.165, 1.54) is 11.8 Å². The first-order valence-corrected chi connectivity index (χ1v) is 12.1. The van der Waals surface area contributed by atoms with E-state index in [1.807, 2.05) is 43.9 Å². The monoisotopic (exact) mass is 465 g/mol. The number of nitrogens with one attached hydrogen (secondary N) is 1. The third-order valence-corrected chi connectivity index (χ3v) is 6.25. The molecule has 1 aromatic heterocycles. The van der Waals surface area contributed by atoms with Gasteiger partial charge in [0.25, 0.3) is 0 Å². The van der Waals surface area contributed by atoms with Gasteiger partial charge >= 0.3 is 0 Å². The maximum absolute atomic E-state index is 12.8. The van der Waals surface area contributed by atoms with Crippen LogP contribution in [0.1, 0.15) is 34.1 Å². The van der Waals surface area contributed by atoms with Gasteiger partial charge in [0, 0.05) is 43.3 Å². The SMILES string of the molecule is CCCn1c(SCC(=O)N2CCN(CC(=O)NC(C)(C)C)CC2)nc2cc(Cl)ccc21. The van der Waals surface area contributed by atoms with Gasteiger partial charge < -0.3 is 14.8 Å². The summed E-state index contributed by atoms with van der Waals surface area (Å²) in [7, 11) is 0. The molecule has 1 fully saturated rings. The lowest BCUT2D eigenvalue weighted by Crippen LogP contribution is -2.53. The minimum atomic E-state index is -0.230. The molecule has 1 aliphatic rings. The summed E-state index contributed by atoms with van der Waals surface area (Å²) in [6.07, 6.45) is 0.986. The molecule has 0 atom stereocenters. The van der Waals surface area contributed by atoms with Gasteiger partial charge in [0.2, 0.25) is 11.8 Å². The Morgan fingerprint density at radius 1 is 1.19 bits per heavy atom. The number of carbonyl (C=O) groups excluding carboxylic acids is 2. The summed E-state index contributed by atoms with van der Waals surface area (Å²) in [4.78, 5) is 33.6. The number of nitrogens with zero attached hydrogens (tertiary/aromatic N) is 4. The summed E-state index contributed by atoms with van der Waals surface area (Å²) in [6.45, 7) is 12.0. The highest BCUT2D eigenvalue weighted by atomic mass is 35.5. The van der Waals surface area contributed by atoms with Crippen molar-refractivity contribution in [2.75, 3.05) is 38.5 Å². The van der Waals surface area contributed by atoms with Gasteiger partial charge in [-0.05, 0) is 45.4 Å². The first kappa shape index (κ1) is 23.9. The number of amides is 2. The Morgan fingerprint density at radius 2 is 1.90 bits per heavy atom. The number of hydrogen-bond donors (Lipinski definition) is 1. The number of aryl methyl sites for hydroxylation is 1. The molecule has 0 spiro atoms. The lowest BCUT2D eigenvalue weighted by atomic mass is 10.1. The molecule has 7 nitrogen and oxygen atoms in total. The Kier molecular flexibility index (Phi) is 7.88. The van der Waals surface area contributed by atoms with E-state index in [0.717, 1.165) is 29.2 Å². The van der Waals surface area contributed by atoms with Gasteiger partial charge in [-0.2, -0.15) is 0 Å². The summed E-state index contributed by atoms with van der Waals surface area (Å²) in [5.74, 6) is 0.486. The molecule has 9 heteroatoms. The molecule has 2 aromatic rings. The molecule has 2 heterocycles. The maximum Gasteiger partial charge on any atom is 0.234 e. The summed E-state index contributed by atoms with van der Waals surface area (Å²) >= 11 is 7.59. The average molecular weight is 466 g/mol. The van der Waals surface area contributed by atoms with Crippen LogP contribution in [0.5, 0.6) is 0 Å². The van der Waals surface area contributed by atoms with E-state index in [9.17, 15) is 9.59 Å². The van der Waals surface area contributed by atoms with Crippen molar-refractivity contribution >= 4 is 46.2 Å². The number of fused-ring (bicyclic) bond motifs is 1. The van der Waals surface area contributed by atoms with Crippen LogP contribution >= 0.6 is 23.4 Å². The second-order valence-electron chi connectivity index (χ2n) is 8.92. The molecule has 3 rings (SSSR count). The molecule has 1 aromatic carbocycles. The van der Waals surface area contributed by atoms with Crippen molar-refractivity contribution in [3.8, 4) is 0 Å². The van der Waals surface area contributed by atoms with Crippen molar-refractivity contribution < 1.29 is 9.59 Å². The second kappa shape index (κ2) is 10.2. The van der Waals surface area contributed by atoms with Gasteiger partial charge in [-0.15, -0.1) is 0 Å². The highest BCUT2D eigenvalue weighted by molar-refractivity contribution is 7.99. The van der Waals surface area contributed by atoms with Crippen LogP contribution in [0.25, 0.3) is 11.0 Å². The molecule has 1 N–H and O–H groups in total. The second-order valence-corrected chi connectivity index (χ2v) is 10.3. The van der Waals surface area contributed by atoms with Gasteiger partial charge in [-0.3, -0.25) is 14.5 Å². The normalized spacial score (nSPS) is 15.5. The molecule has 1 aliphatic heterocycles. The van der Waals surface area contributed by atoms with Crippen molar-refractivity contribution in [3.05, 3.63) is 23.2 Å². The topological polar surface area (TPSA) is 70.5 Å². The summed E-state index contributed by atoms with van der Waals surface area (Å²) < 4.78 is 2.16. The predicted molar refractivity (Wildman–Crippen MR) is 127 cm³/mol. The number of halogens is 1. The van der Waals surface area contributed by atoms with Crippen LogP contribution in [0, 0.1) is 0 Å². The fourth-order valence-electron chi connectivity index (χ4n) is 3.66. The van der Waals surface area contributed by atoms with Crippen molar-refractivity contribution in [3.63, 3.8) is 0 Å². The molecule has 2 amide bonds. The Morgan fingerprint density at radius 3 is 2.55 bits per heavy atom. The number of carbonyl (C=O) groups is 2. The summed E-state index contributed by atoms with van der Waals surface area (Å²) in [5.41, 5.74) is 1.67. The fourth-order valence-corrected chi connectivity index (χ4v) is 4.77. The zero-order valence-corrected chi connectivity index (χ0v) is 20.4. The van der Waals surface area contributed by atoms with Crippen molar-refractivity contribution in [1.29, 1.82) is 0 Å². The Bertz CT molecular complexity index is 932. The molecule has 31 heavy (non-hydrogen) atoms. The van der Waals surface area contributed by atoms with Gasteiger partial charge in [0.05, 0.1) is 23.3 Å². The molecular weight excluding hydrogens is 434 g/mol. The van der Waals surface area contributed by atoms with Crippen LogP contribution in [0.15, 0.2) is 23.4 Å². The quantitative estimate of drug-likeness (QED) is 0.635. The van der Waals surface area contributed by atoms with Gasteiger partial charge in [-0.25, -0.2) is 4.98 Å². The third kappa shape index (κ3) is 6.60. The molecule has 1 saturated heterocycles. The Balaban J connectivity index is 1.53. The number of hydrogen-bond acceptors (Lipinski definition) is 5. The van der Waals surface area contributed by atoms with E-state index in [1.54, 1.807) is 0 Å². The lowest BCUT2D eigenvalue weighted by molar-refractivity contribution is -0.130. The van der Waals surface area contributed by atoms with Crippen LogP contribution in [0.3, 0.4) is 0 Å². The molecule has 170 valence electrons. The predicted octanol–water partition coefficient (Wildman–Crippen LogP) is 3.25. The number of benzene rings is 1. The van der Waals surface area contributed by atoms with Crippen molar-refractivity contribution in [1.82, 2.24) is 24.7 Å². The first-order valence-electron chi connectivity index (χ1n) is 10.8. The average Bonchev–Trinajstić information content (AvgIpc) is 3.02. The van der Waals surface area contributed by atoms with Gasteiger partial charge in [-0.1, -0.05) is 30.3 Å².